The summed E-state index contributed by atoms with van der Waals surface area (Å²) in [5.41, 5.74) is 0. The zero-order valence-corrected chi connectivity index (χ0v) is 14.2. The minimum atomic E-state index is -0.829. The van der Waals surface area contributed by atoms with Crippen LogP contribution >= 0.6 is 11.3 Å². The van der Waals surface area contributed by atoms with E-state index in [2.05, 4.69) is 10.1 Å². The van der Waals surface area contributed by atoms with Crippen molar-refractivity contribution in [3.63, 3.8) is 0 Å². The van der Waals surface area contributed by atoms with E-state index in [0.29, 0.717) is 44.1 Å². The maximum Gasteiger partial charge on any atom is 0.308 e. The van der Waals surface area contributed by atoms with Crippen molar-refractivity contribution in [1.29, 1.82) is 0 Å². The number of carboxylic acids is 1. The van der Waals surface area contributed by atoms with Gasteiger partial charge in [0, 0.05) is 25.9 Å². The second kappa shape index (κ2) is 7.12. The molecule has 1 aliphatic rings. The molecule has 128 valence electrons. The van der Waals surface area contributed by atoms with Gasteiger partial charge in [0.2, 0.25) is 17.6 Å². The molecule has 7 nitrogen and oxygen atoms in total. The van der Waals surface area contributed by atoms with E-state index in [4.69, 9.17) is 9.63 Å². The van der Waals surface area contributed by atoms with Crippen LogP contribution in [0.15, 0.2) is 22.0 Å². The average Bonchev–Trinajstić information content (AvgIpc) is 3.26. The third-order valence-electron chi connectivity index (χ3n) is 4.27. The zero-order valence-electron chi connectivity index (χ0n) is 13.3. The summed E-state index contributed by atoms with van der Waals surface area (Å²) in [6.07, 6.45) is 1.50. The lowest BCUT2D eigenvalue weighted by Gasteiger charge is -2.15. The number of aliphatic carboxylic acids is 1. The predicted octanol–water partition coefficient (Wildman–Crippen LogP) is 2.30. The van der Waals surface area contributed by atoms with Crippen LogP contribution in [-0.2, 0) is 16.0 Å². The summed E-state index contributed by atoms with van der Waals surface area (Å²) in [7, 11) is 0. The van der Waals surface area contributed by atoms with Gasteiger partial charge in [-0.25, -0.2) is 0 Å². The average molecular weight is 349 g/mol. The van der Waals surface area contributed by atoms with Crippen molar-refractivity contribution in [3.05, 3.63) is 23.4 Å². The molecule has 1 saturated heterocycles. The molecule has 1 fully saturated rings. The monoisotopic (exact) mass is 349 g/mol. The van der Waals surface area contributed by atoms with Gasteiger partial charge in [-0.15, -0.1) is 11.3 Å². The smallest absolute Gasteiger partial charge is 0.308 e. The lowest BCUT2D eigenvalue weighted by Crippen LogP contribution is -2.29. The number of hydrogen-bond donors (Lipinski definition) is 1. The maximum absolute atomic E-state index is 12.2. The van der Waals surface area contributed by atoms with E-state index in [0.717, 1.165) is 4.88 Å². The first-order valence-electron chi connectivity index (χ1n) is 7.91. The number of aromatic nitrogens is 2. The topological polar surface area (TPSA) is 96.5 Å². The van der Waals surface area contributed by atoms with Gasteiger partial charge in [-0.1, -0.05) is 18.1 Å². The highest BCUT2D eigenvalue weighted by atomic mass is 32.1. The molecule has 0 aromatic carbocycles. The molecular weight excluding hydrogens is 330 g/mol. The molecule has 0 aliphatic carbocycles. The molecular formula is C16H19N3O4S. The molecule has 24 heavy (non-hydrogen) atoms. The summed E-state index contributed by atoms with van der Waals surface area (Å²) < 4.78 is 5.20. The van der Waals surface area contributed by atoms with Crippen molar-refractivity contribution in [2.45, 2.75) is 26.2 Å². The van der Waals surface area contributed by atoms with Crippen molar-refractivity contribution in [2.24, 2.45) is 11.8 Å². The van der Waals surface area contributed by atoms with Crippen LogP contribution < -0.4 is 0 Å². The summed E-state index contributed by atoms with van der Waals surface area (Å²) >= 11 is 1.54. The van der Waals surface area contributed by atoms with E-state index < -0.39 is 11.9 Å². The van der Waals surface area contributed by atoms with Gasteiger partial charge in [-0.2, -0.15) is 4.98 Å². The van der Waals surface area contributed by atoms with Crippen molar-refractivity contribution in [3.8, 4) is 10.7 Å². The Bertz CT molecular complexity index is 713. The van der Waals surface area contributed by atoms with E-state index in [9.17, 15) is 9.59 Å². The Hall–Kier alpha value is -2.22. The molecule has 2 aromatic rings. The summed E-state index contributed by atoms with van der Waals surface area (Å²) in [5.74, 6) is -0.212. The van der Waals surface area contributed by atoms with Gasteiger partial charge < -0.3 is 14.5 Å². The molecule has 8 heteroatoms. The zero-order chi connectivity index (χ0) is 17.1. The van der Waals surface area contributed by atoms with Gasteiger partial charge in [-0.3, -0.25) is 9.59 Å². The second-order valence-electron chi connectivity index (χ2n) is 6.06. The normalized spacial score (nSPS) is 20.5. The maximum atomic E-state index is 12.2. The fraction of sp³-hybridized carbons (Fsp3) is 0.500. The van der Waals surface area contributed by atoms with Crippen LogP contribution in [0, 0.1) is 11.8 Å². The number of carboxylic acid groups (broad SMARTS) is 1. The van der Waals surface area contributed by atoms with Gasteiger partial charge in [0.05, 0.1) is 10.8 Å². The molecule has 1 amide bonds. The first-order chi connectivity index (χ1) is 11.5. The van der Waals surface area contributed by atoms with Crippen LogP contribution in [0.5, 0.6) is 0 Å². The standard InChI is InChI=1S/C16H19N3O4S/c1-10-8-19(9-11(10)16(21)22)14(20)6-2-5-13-17-15(18-23-13)12-4-3-7-24-12/h3-4,7,10-11H,2,5-6,8-9H2,1H3,(H,21,22)/t10-,11-/m1/s1. The van der Waals surface area contributed by atoms with Crippen molar-refractivity contribution in [2.75, 3.05) is 13.1 Å². The third-order valence-corrected chi connectivity index (χ3v) is 5.14. The molecule has 0 saturated carbocycles. The Morgan fingerprint density at radius 1 is 1.46 bits per heavy atom. The summed E-state index contributed by atoms with van der Waals surface area (Å²) in [6, 6.07) is 3.85. The van der Waals surface area contributed by atoms with E-state index in [-0.39, 0.29) is 11.8 Å². The van der Waals surface area contributed by atoms with Crippen LogP contribution in [0.3, 0.4) is 0 Å². The molecule has 0 bridgehead atoms. The molecule has 1 N–H and O–H groups in total. The van der Waals surface area contributed by atoms with E-state index in [1.165, 1.54) is 0 Å². The molecule has 2 atom stereocenters. The highest BCUT2D eigenvalue weighted by Gasteiger charge is 2.36. The molecule has 3 heterocycles. The van der Waals surface area contributed by atoms with Gasteiger partial charge >= 0.3 is 5.97 Å². The van der Waals surface area contributed by atoms with Gasteiger partial charge in [-0.05, 0) is 23.8 Å². The second-order valence-corrected chi connectivity index (χ2v) is 7.01. The van der Waals surface area contributed by atoms with E-state index in [1.807, 2.05) is 24.4 Å². The Balaban J connectivity index is 1.47. The van der Waals surface area contributed by atoms with Crippen LogP contribution in [0.2, 0.25) is 0 Å². The SMILES string of the molecule is C[C@@H]1CN(C(=O)CCCc2nc(-c3cccs3)no2)C[C@H]1C(=O)O. The summed E-state index contributed by atoms with van der Waals surface area (Å²) in [4.78, 5) is 30.2. The highest BCUT2D eigenvalue weighted by molar-refractivity contribution is 7.13. The number of rotatable bonds is 6. The Morgan fingerprint density at radius 3 is 2.96 bits per heavy atom. The number of amides is 1. The summed E-state index contributed by atoms with van der Waals surface area (Å²) in [6.45, 7) is 2.69. The van der Waals surface area contributed by atoms with Gasteiger partial charge in [0.15, 0.2) is 0 Å². The largest absolute Gasteiger partial charge is 0.481 e. The lowest BCUT2D eigenvalue weighted by molar-refractivity contribution is -0.142. The molecule has 0 radical (unpaired) electrons. The first-order valence-corrected chi connectivity index (χ1v) is 8.79. The van der Waals surface area contributed by atoms with Crippen LogP contribution in [0.25, 0.3) is 10.7 Å². The van der Waals surface area contributed by atoms with E-state index >= 15 is 0 Å². The van der Waals surface area contributed by atoms with Crippen LogP contribution in [-0.4, -0.2) is 45.1 Å². The number of carbonyl (C=O) groups is 2. The molecule has 2 aromatic heterocycles. The van der Waals surface area contributed by atoms with Crippen molar-refractivity contribution in [1.82, 2.24) is 15.0 Å². The van der Waals surface area contributed by atoms with Crippen molar-refractivity contribution < 1.29 is 19.2 Å². The molecule has 0 unspecified atom stereocenters. The number of aryl methyl sites for hydroxylation is 1. The van der Waals surface area contributed by atoms with Gasteiger partial charge in [0.1, 0.15) is 0 Å². The third kappa shape index (κ3) is 3.64. The fourth-order valence-electron chi connectivity index (χ4n) is 2.90. The minimum Gasteiger partial charge on any atom is -0.481 e. The van der Waals surface area contributed by atoms with Gasteiger partial charge in [0.25, 0.3) is 0 Å². The summed E-state index contributed by atoms with van der Waals surface area (Å²) in [5, 5.41) is 15.0. The Kier molecular flexibility index (Phi) is 4.94. The molecule has 1 aliphatic heterocycles. The fourth-order valence-corrected chi connectivity index (χ4v) is 3.55. The van der Waals surface area contributed by atoms with E-state index in [1.54, 1.807) is 16.2 Å². The number of thiophene rings is 1. The quantitative estimate of drug-likeness (QED) is 0.859. The Morgan fingerprint density at radius 2 is 2.29 bits per heavy atom. The number of nitrogens with zero attached hydrogens (tertiary/aromatic N) is 3. The number of carbonyl (C=O) groups excluding carboxylic acids is 1. The van der Waals surface area contributed by atoms with Crippen LogP contribution in [0.4, 0.5) is 0 Å². The highest BCUT2D eigenvalue weighted by Crippen LogP contribution is 2.24. The number of likely N-dealkylation sites (tertiary alicyclic amines) is 1. The first kappa shape index (κ1) is 16.6. The molecule has 0 spiro atoms. The Labute approximate surface area is 143 Å². The minimum absolute atomic E-state index is 0.00394. The van der Waals surface area contributed by atoms with Crippen molar-refractivity contribution >= 4 is 23.2 Å². The van der Waals surface area contributed by atoms with Crippen LogP contribution in [0.1, 0.15) is 25.7 Å². The lowest BCUT2D eigenvalue weighted by atomic mass is 9.99. The predicted molar refractivity (Wildman–Crippen MR) is 87.4 cm³/mol. The molecule has 3 rings (SSSR count). The number of hydrogen-bond acceptors (Lipinski definition) is 6.